The first-order chi connectivity index (χ1) is 6.02. The lowest BCUT2D eigenvalue weighted by Crippen LogP contribution is -2.38. The Balaban J connectivity index is 2.60. The van der Waals surface area contributed by atoms with E-state index in [4.69, 9.17) is 0 Å². The zero-order valence-electron chi connectivity index (χ0n) is 9.65. The molecule has 0 aromatic heterocycles. The highest BCUT2D eigenvalue weighted by molar-refractivity contribution is 7.98. The highest BCUT2D eigenvalue weighted by atomic mass is 32.2. The van der Waals surface area contributed by atoms with Gasteiger partial charge in [-0.05, 0) is 42.1 Å². The minimum atomic E-state index is 0.570. The first kappa shape index (κ1) is 11.4. The van der Waals surface area contributed by atoms with Gasteiger partial charge in [0.25, 0.3) is 0 Å². The molecule has 0 amide bonds. The monoisotopic (exact) mass is 200 g/mol. The zero-order chi connectivity index (χ0) is 9.95. The third-order valence-electron chi connectivity index (χ3n) is 4.27. The summed E-state index contributed by atoms with van der Waals surface area (Å²) >= 11 is 1.99. The van der Waals surface area contributed by atoms with Crippen LogP contribution in [-0.2, 0) is 0 Å². The summed E-state index contributed by atoms with van der Waals surface area (Å²) in [4.78, 5) is 0. The first-order valence-electron chi connectivity index (χ1n) is 5.51. The van der Waals surface area contributed by atoms with Crippen LogP contribution in [0.25, 0.3) is 0 Å². The molecule has 0 radical (unpaired) electrons. The normalized spacial score (nSPS) is 33.2. The van der Waals surface area contributed by atoms with E-state index in [9.17, 15) is 0 Å². The Labute approximate surface area is 87.9 Å². The molecule has 0 aromatic rings. The van der Waals surface area contributed by atoms with Crippen molar-refractivity contribution in [2.24, 2.45) is 10.8 Å². The van der Waals surface area contributed by atoms with Crippen LogP contribution < -0.4 is 0 Å². The van der Waals surface area contributed by atoms with E-state index in [1.54, 1.807) is 0 Å². The molecule has 0 aliphatic heterocycles. The van der Waals surface area contributed by atoms with E-state index in [0.29, 0.717) is 10.8 Å². The summed E-state index contributed by atoms with van der Waals surface area (Å²) in [5, 5.41) is 0. The molecule has 1 rings (SSSR count). The smallest absolute Gasteiger partial charge is 0.00649 e. The fraction of sp³-hybridized carbons (Fsp3) is 1.00. The molecule has 0 heterocycles. The van der Waals surface area contributed by atoms with Gasteiger partial charge >= 0.3 is 0 Å². The second-order valence-electron chi connectivity index (χ2n) is 5.39. The molecule has 1 fully saturated rings. The van der Waals surface area contributed by atoms with Gasteiger partial charge in [0.15, 0.2) is 0 Å². The van der Waals surface area contributed by atoms with Crippen LogP contribution in [0, 0.1) is 10.8 Å². The third-order valence-corrected chi connectivity index (χ3v) is 4.88. The maximum atomic E-state index is 2.50. The molecule has 1 aliphatic rings. The largest absolute Gasteiger partial charge is 0.165 e. The number of hydrogen-bond donors (Lipinski definition) is 0. The molecular weight excluding hydrogens is 176 g/mol. The van der Waals surface area contributed by atoms with Crippen LogP contribution in [-0.4, -0.2) is 12.0 Å². The molecule has 0 bridgehead atoms. The van der Waals surface area contributed by atoms with Crippen molar-refractivity contribution in [1.82, 2.24) is 0 Å². The van der Waals surface area contributed by atoms with E-state index in [1.807, 2.05) is 11.8 Å². The van der Waals surface area contributed by atoms with Crippen molar-refractivity contribution in [2.75, 3.05) is 12.0 Å². The maximum absolute atomic E-state index is 2.50. The van der Waals surface area contributed by atoms with E-state index in [0.717, 1.165) is 0 Å². The molecule has 0 spiro atoms. The van der Waals surface area contributed by atoms with Gasteiger partial charge in [0.1, 0.15) is 0 Å². The van der Waals surface area contributed by atoms with Crippen LogP contribution in [0.2, 0.25) is 0 Å². The SMILES string of the molecule is CSCC[C@]1(C)CCCCC1(C)C. The van der Waals surface area contributed by atoms with Crippen molar-refractivity contribution in [3.05, 3.63) is 0 Å². The molecule has 0 unspecified atom stereocenters. The predicted molar refractivity (Wildman–Crippen MR) is 63.4 cm³/mol. The molecule has 0 saturated heterocycles. The average Bonchev–Trinajstić information content (AvgIpc) is 2.07. The van der Waals surface area contributed by atoms with Crippen molar-refractivity contribution in [2.45, 2.75) is 52.9 Å². The van der Waals surface area contributed by atoms with Gasteiger partial charge in [-0.25, -0.2) is 0 Å². The molecular formula is C12H24S. The number of thioether (sulfide) groups is 1. The van der Waals surface area contributed by atoms with E-state index >= 15 is 0 Å². The van der Waals surface area contributed by atoms with Crippen LogP contribution in [0.15, 0.2) is 0 Å². The molecule has 1 aliphatic carbocycles. The van der Waals surface area contributed by atoms with Crippen molar-refractivity contribution >= 4 is 11.8 Å². The third kappa shape index (κ3) is 2.43. The maximum Gasteiger partial charge on any atom is -0.00649 e. The highest BCUT2D eigenvalue weighted by Crippen LogP contribution is 2.52. The van der Waals surface area contributed by atoms with Crippen molar-refractivity contribution in [3.63, 3.8) is 0 Å². The summed E-state index contributed by atoms with van der Waals surface area (Å²) in [6.07, 6.45) is 9.40. The van der Waals surface area contributed by atoms with Gasteiger partial charge in [0.05, 0.1) is 0 Å². The summed E-state index contributed by atoms with van der Waals surface area (Å²) in [5.41, 5.74) is 1.18. The van der Waals surface area contributed by atoms with Crippen LogP contribution in [0.1, 0.15) is 52.9 Å². The molecule has 0 aromatic carbocycles. The topological polar surface area (TPSA) is 0 Å². The van der Waals surface area contributed by atoms with Crippen LogP contribution >= 0.6 is 11.8 Å². The molecule has 1 heteroatoms. The van der Waals surface area contributed by atoms with Gasteiger partial charge in [-0.2, -0.15) is 11.8 Å². The zero-order valence-corrected chi connectivity index (χ0v) is 10.5. The fourth-order valence-corrected chi connectivity index (χ4v) is 3.17. The summed E-state index contributed by atoms with van der Waals surface area (Å²) in [7, 11) is 0. The lowest BCUT2D eigenvalue weighted by Gasteiger charge is -2.48. The van der Waals surface area contributed by atoms with Gasteiger partial charge < -0.3 is 0 Å². The Bertz CT molecular complexity index is 163. The van der Waals surface area contributed by atoms with Gasteiger partial charge in [0.2, 0.25) is 0 Å². The molecule has 78 valence electrons. The lowest BCUT2D eigenvalue weighted by molar-refractivity contribution is 0.0307. The van der Waals surface area contributed by atoms with Crippen molar-refractivity contribution < 1.29 is 0 Å². The van der Waals surface area contributed by atoms with Gasteiger partial charge in [-0.3, -0.25) is 0 Å². The number of rotatable bonds is 3. The van der Waals surface area contributed by atoms with E-state index in [1.165, 1.54) is 37.9 Å². The molecule has 0 nitrogen and oxygen atoms in total. The minimum Gasteiger partial charge on any atom is -0.165 e. The van der Waals surface area contributed by atoms with Crippen LogP contribution in [0.5, 0.6) is 0 Å². The van der Waals surface area contributed by atoms with Crippen LogP contribution in [0.3, 0.4) is 0 Å². The average molecular weight is 200 g/mol. The van der Waals surface area contributed by atoms with Crippen molar-refractivity contribution in [3.8, 4) is 0 Å². The Morgan fingerprint density at radius 2 is 1.69 bits per heavy atom. The highest BCUT2D eigenvalue weighted by Gasteiger charge is 2.41. The Morgan fingerprint density at radius 1 is 1.08 bits per heavy atom. The van der Waals surface area contributed by atoms with E-state index < -0.39 is 0 Å². The standard InChI is InChI=1S/C12H24S/c1-11(2)7-5-6-8-12(11,3)9-10-13-4/h5-10H2,1-4H3/t12-/m0/s1. The first-order valence-corrected chi connectivity index (χ1v) is 6.90. The summed E-state index contributed by atoms with van der Waals surface area (Å²) in [6, 6.07) is 0. The Morgan fingerprint density at radius 3 is 2.23 bits per heavy atom. The Kier molecular flexibility index (Phi) is 3.73. The van der Waals surface area contributed by atoms with Crippen molar-refractivity contribution in [1.29, 1.82) is 0 Å². The molecule has 1 saturated carbocycles. The predicted octanol–water partition coefficient (Wildman–Crippen LogP) is 4.35. The van der Waals surface area contributed by atoms with Crippen LogP contribution in [0.4, 0.5) is 0 Å². The molecule has 1 atom stereocenters. The second-order valence-corrected chi connectivity index (χ2v) is 6.38. The number of hydrogen-bond acceptors (Lipinski definition) is 1. The Hall–Kier alpha value is 0.350. The summed E-state index contributed by atoms with van der Waals surface area (Å²) < 4.78 is 0. The lowest BCUT2D eigenvalue weighted by atomic mass is 9.57. The molecule has 0 N–H and O–H groups in total. The summed E-state index contributed by atoms with van der Waals surface area (Å²) in [5.74, 6) is 1.33. The quantitative estimate of drug-likeness (QED) is 0.653. The van der Waals surface area contributed by atoms with E-state index in [-0.39, 0.29) is 0 Å². The molecule has 13 heavy (non-hydrogen) atoms. The summed E-state index contributed by atoms with van der Waals surface area (Å²) in [6.45, 7) is 7.43. The fourth-order valence-electron chi connectivity index (χ4n) is 2.51. The minimum absolute atomic E-state index is 0.570. The van der Waals surface area contributed by atoms with Gasteiger partial charge in [0, 0.05) is 0 Å². The van der Waals surface area contributed by atoms with Gasteiger partial charge in [-0.15, -0.1) is 0 Å². The van der Waals surface area contributed by atoms with E-state index in [2.05, 4.69) is 27.0 Å². The van der Waals surface area contributed by atoms with Gasteiger partial charge in [-0.1, -0.05) is 33.6 Å². The second kappa shape index (κ2) is 4.25.